The van der Waals surface area contributed by atoms with Gasteiger partial charge in [0, 0.05) is 32.3 Å². The second-order valence-corrected chi connectivity index (χ2v) is 6.18. The number of nitrogens with two attached hydrogens (primary N) is 1. The lowest BCUT2D eigenvalue weighted by Gasteiger charge is -2.13. The van der Waals surface area contributed by atoms with Crippen LogP contribution in [0.2, 0.25) is 0 Å². The van der Waals surface area contributed by atoms with Gasteiger partial charge in [0.1, 0.15) is 0 Å². The topological polar surface area (TPSA) is 47.3 Å². The van der Waals surface area contributed by atoms with E-state index in [4.69, 9.17) is 10.5 Å². The first-order valence-electron chi connectivity index (χ1n) is 6.32. The summed E-state index contributed by atoms with van der Waals surface area (Å²) in [5.74, 6) is 0. The molecular formula is C13H28N2O. The van der Waals surface area contributed by atoms with Crippen molar-refractivity contribution in [3.05, 3.63) is 0 Å². The fourth-order valence-corrected chi connectivity index (χ4v) is 2.57. The van der Waals surface area contributed by atoms with Crippen LogP contribution in [0.5, 0.6) is 0 Å². The second kappa shape index (κ2) is 5.03. The first kappa shape index (κ1) is 13.9. The minimum Gasteiger partial charge on any atom is -0.385 e. The van der Waals surface area contributed by atoms with Crippen LogP contribution in [0.25, 0.3) is 0 Å². The van der Waals surface area contributed by atoms with Crippen molar-refractivity contribution < 1.29 is 4.74 Å². The Hall–Kier alpha value is -0.120. The summed E-state index contributed by atoms with van der Waals surface area (Å²) in [4.78, 5) is 0. The maximum atomic E-state index is 6.05. The molecule has 1 aliphatic rings. The lowest BCUT2D eigenvalue weighted by atomic mass is 10.0. The molecule has 3 N–H and O–H groups in total. The Morgan fingerprint density at radius 1 is 1.25 bits per heavy atom. The average molecular weight is 228 g/mol. The summed E-state index contributed by atoms with van der Waals surface area (Å²) in [5.41, 5.74) is 6.85. The summed E-state index contributed by atoms with van der Waals surface area (Å²) in [7, 11) is 1.74. The SMILES string of the molecule is COCCCC(N)CNC1C(C)(C)C1(C)C. The third-order valence-electron chi connectivity index (χ3n) is 4.53. The lowest BCUT2D eigenvalue weighted by Crippen LogP contribution is -2.37. The molecule has 0 amide bonds. The number of rotatable bonds is 7. The minimum absolute atomic E-state index is 0.252. The zero-order chi connectivity index (χ0) is 12.4. The van der Waals surface area contributed by atoms with E-state index in [1.807, 2.05) is 0 Å². The highest BCUT2D eigenvalue weighted by Gasteiger charge is 2.64. The van der Waals surface area contributed by atoms with Crippen LogP contribution in [0.15, 0.2) is 0 Å². The van der Waals surface area contributed by atoms with Crippen molar-refractivity contribution >= 4 is 0 Å². The minimum atomic E-state index is 0.252. The summed E-state index contributed by atoms with van der Waals surface area (Å²) in [6, 6.07) is 0.857. The highest BCUT2D eigenvalue weighted by Crippen LogP contribution is 2.62. The zero-order valence-electron chi connectivity index (χ0n) is 11.5. The molecule has 0 aromatic carbocycles. The number of nitrogens with one attached hydrogen (secondary N) is 1. The Bertz CT molecular complexity index is 212. The van der Waals surface area contributed by atoms with E-state index in [2.05, 4.69) is 33.0 Å². The normalized spacial score (nSPS) is 24.4. The van der Waals surface area contributed by atoms with Gasteiger partial charge in [0.15, 0.2) is 0 Å². The molecule has 1 unspecified atom stereocenters. The van der Waals surface area contributed by atoms with Crippen LogP contribution in [0.4, 0.5) is 0 Å². The van der Waals surface area contributed by atoms with E-state index < -0.39 is 0 Å². The third kappa shape index (κ3) is 2.76. The standard InChI is InChI=1S/C13H28N2O/c1-12(2)11(13(12,3)4)15-9-10(14)7-6-8-16-5/h10-11,15H,6-9,14H2,1-5H3. The van der Waals surface area contributed by atoms with Gasteiger partial charge in [-0.3, -0.25) is 0 Å². The van der Waals surface area contributed by atoms with Crippen molar-refractivity contribution in [1.29, 1.82) is 0 Å². The molecule has 1 aliphatic carbocycles. The van der Waals surface area contributed by atoms with Crippen LogP contribution in [-0.4, -0.2) is 32.3 Å². The van der Waals surface area contributed by atoms with E-state index in [9.17, 15) is 0 Å². The van der Waals surface area contributed by atoms with Gasteiger partial charge >= 0.3 is 0 Å². The zero-order valence-corrected chi connectivity index (χ0v) is 11.5. The third-order valence-corrected chi connectivity index (χ3v) is 4.53. The molecule has 0 radical (unpaired) electrons. The Morgan fingerprint density at radius 2 is 1.81 bits per heavy atom. The van der Waals surface area contributed by atoms with Crippen LogP contribution in [0, 0.1) is 10.8 Å². The van der Waals surface area contributed by atoms with E-state index in [-0.39, 0.29) is 6.04 Å². The Kier molecular flexibility index (Phi) is 4.38. The van der Waals surface area contributed by atoms with Gasteiger partial charge in [-0.05, 0) is 23.7 Å². The fourth-order valence-electron chi connectivity index (χ4n) is 2.57. The van der Waals surface area contributed by atoms with Crippen molar-refractivity contribution in [2.45, 2.75) is 52.6 Å². The Labute approximate surface area is 100 Å². The number of hydrogen-bond acceptors (Lipinski definition) is 3. The molecule has 0 aliphatic heterocycles. The number of hydrogen-bond donors (Lipinski definition) is 2. The molecule has 0 aromatic rings. The molecule has 96 valence electrons. The molecule has 0 spiro atoms. The molecule has 1 saturated carbocycles. The van der Waals surface area contributed by atoms with Crippen molar-refractivity contribution in [2.24, 2.45) is 16.6 Å². The van der Waals surface area contributed by atoms with Crippen LogP contribution in [-0.2, 0) is 4.74 Å². The average Bonchev–Trinajstić information content (AvgIpc) is 2.55. The highest BCUT2D eigenvalue weighted by atomic mass is 16.5. The lowest BCUT2D eigenvalue weighted by molar-refractivity contribution is 0.190. The summed E-state index contributed by atoms with van der Waals surface area (Å²) < 4.78 is 5.02. The van der Waals surface area contributed by atoms with Gasteiger partial charge in [0.05, 0.1) is 0 Å². The molecule has 0 aromatic heterocycles. The highest BCUT2D eigenvalue weighted by molar-refractivity contribution is 5.17. The van der Waals surface area contributed by atoms with Crippen LogP contribution in [0.3, 0.4) is 0 Å². The molecule has 0 bridgehead atoms. The van der Waals surface area contributed by atoms with Crippen molar-refractivity contribution in [3.63, 3.8) is 0 Å². The molecular weight excluding hydrogens is 200 g/mol. The number of ether oxygens (including phenoxy) is 1. The number of methoxy groups -OCH3 is 1. The summed E-state index contributed by atoms with van der Waals surface area (Å²) >= 11 is 0. The summed E-state index contributed by atoms with van der Waals surface area (Å²) in [6.45, 7) is 11.0. The van der Waals surface area contributed by atoms with Gasteiger partial charge in [0.25, 0.3) is 0 Å². The maximum absolute atomic E-state index is 6.05. The second-order valence-electron chi connectivity index (χ2n) is 6.18. The summed E-state index contributed by atoms with van der Waals surface area (Å²) in [6.07, 6.45) is 2.09. The van der Waals surface area contributed by atoms with Gasteiger partial charge in [-0.15, -0.1) is 0 Å². The molecule has 16 heavy (non-hydrogen) atoms. The Morgan fingerprint density at radius 3 is 2.25 bits per heavy atom. The van der Waals surface area contributed by atoms with E-state index in [0.29, 0.717) is 16.9 Å². The monoisotopic (exact) mass is 228 g/mol. The van der Waals surface area contributed by atoms with Gasteiger partial charge in [-0.1, -0.05) is 27.7 Å². The largest absolute Gasteiger partial charge is 0.385 e. The molecule has 1 fully saturated rings. The van der Waals surface area contributed by atoms with Crippen molar-refractivity contribution in [2.75, 3.05) is 20.3 Å². The quantitative estimate of drug-likeness (QED) is 0.653. The molecule has 1 atom stereocenters. The molecule has 1 rings (SSSR count). The van der Waals surface area contributed by atoms with Crippen LogP contribution >= 0.6 is 0 Å². The first-order valence-corrected chi connectivity index (χ1v) is 6.32. The van der Waals surface area contributed by atoms with E-state index in [1.165, 1.54) is 0 Å². The van der Waals surface area contributed by atoms with E-state index in [0.717, 1.165) is 26.0 Å². The van der Waals surface area contributed by atoms with Crippen LogP contribution < -0.4 is 11.1 Å². The van der Waals surface area contributed by atoms with Crippen molar-refractivity contribution in [3.8, 4) is 0 Å². The predicted molar refractivity (Wildman–Crippen MR) is 68.4 cm³/mol. The molecule has 3 nitrogen and oxygen atoms in total. The van der Waals surface area contributed by atoms with Gasteiger partial charge < -0.3 is 15.8 Å². The molecule has 0 heterocycles. The van der Waals surface area contributed by atoms with E-state index in [1.54, 1.807) is 7.11 Å². The first-order chi connectivity index (χ1) is 7.34. The van der Waals surface area contributed by atoms with Gasteiger partial charge in [-0.2, -0.15) is 0 Å². The Balaban J connectivity index is 2.17. The predicted octanol–water partition coefficient (Wildman–Crippen LogP) is 1.76. The maximum Gasteiger partial charge on any atom is 0.0462 e. The summed E-state index contributed by atoms with van der Waals surface area (Å²) in [5, 5.41) is 3.60. The van der Waals surface area contributed by atoms with E-state index >= 15 is 0 Å². The van der Waals surface area contributed by atoms with Gasteiger partial charge in [0.2, 0.25) is 0 Å². The van der Waals surface area contributed by atoms with Crippen LogP contribution in [0.1, 0.15) is 40.5 Å². The molecule has 3 heteroatoms. The van der Waals surface area contributed by atoms with Gasteiger partial charge in [-0.25, -0.2) is 0 Å². The fraction of sp³-hybridized carbons (Fsp3) is 1.00. The molecule has 0 saturated heterocycles. The van der Waals surface area contributed by atoms with Crippen molar-refractivity contribution in [1.82, 2.24) is 5.32 Å². The smallest absolute Gasteiger partial charge is 0.0462 e.